The lowest BCUT2D eigenvalue weighted by Gasteiger charge is -2.18. The van der Waals surface area contributed by atoms with Gasteiger partial charge in [0.05, 0.1) is 9.82 Å². The van der Waals surface area contributed by atoms with E-state index in [4.69, 9.17) is 4.74 Å². The van der Waals surface area contributed by atoms with Gasteiger partial charge < -0.3 is 4.74 Å². The highest BCUT2D eigenvalue weighted by molar-refractivity contribution is 7.89. The zero-order chi connectivity index (χ0) is 19.3. The molecule has 9 heteroatoms. The molecule has 0 spiro atoms. The van der Waals surface area contributed by atoms with Crippen molar-refractivity contribution in [3.63, 3.8) is 0 Å². The van der Waals surface area contributed by atoms with Gasteiger partial charge in [-0.05, 0) is 24.3 Å². The van der Waals surface area contributed by atoms with Crippen LogP contribution in [0.25, 0.3) is 0 Å². The second-order valence-corrected chi connectivity index (χ2v) is 7.21. The van der Waals surface area contributed by atoms with Crippen molar-refractivity contribution in [1.82, 2.24) is 4.31 Å². The van der Waals surface area contributed by atoms with E-state index in [1.165, 1.54) is 28.6 Å². The Morgan fingerprint density at radius 3 is 2.42 bits per heavy atom. The Bertz CT molecular complexity index is 923. The van der Waals surface area contributed by atoms with Crippen LogP contribution in [0.2, 0.25) is 0 Å². The van der Waals surface area contributed by atoms with Crippen LogP contribution < -0.4 is 4.74 Å². The summed E-state index contributed by atoms with van der Waals surface area (Å²) in [5, 5.41) is 11.4. The maximum absolute atomic E-state index is 12.5. The van der Waals surface area contributed by atoms with Crippen LogP contribution in [0, 0.1) is 10.1 Å². The number of aldehydes is 1. The molecule has 0 heterocycles. The minimum Gasteiger partial charge on any atom is -0.450 e. The summed E-state index contributed by atoms with van der Waals surface area (Å²) in [6, 6.07) is 9.58. The lowest BCUT2D eigenvalue weighted by atomic mass is 10.2. The summed E-state index contributed by atoms with van der Waals surface area (Å²) in [7, 11) is -3.83. The first kappa shape index (κ1) is 19.5. The molecule has 0 aliphatic rings. The molecule has 0 aromatic heterocycles. The van der Waals surface area contributed by atoms with E-state index >= 15 is 0 Å². The van der Waals surface area contributed by atoms with Crippen LogP contribution in [-0.2, 0) is 10.0 Å². The van der Waals surface area contributed by atoms with Crippen molar-refractivity contribution in [3.8, 4) is 11.5 Å². The van der Waals surface area contributed by atoms with Crippen molar-refractivity contribution < 1.29 is 22.9 Å². The fraction of sp³-hybridized carbons (Fsp3) is 0.235. The molecule has 0 fully saturated rings. The van der Waals surface area contributed by atoms with E-state index in [0.29, 0.717) is 11.8 Å². The highest BCUT2D eigenvalue weighted by atomic mass is 32.2. The number of hydrogen-bond acceptors (Lipinski definition) is 6. The first-order chi connectivity index (χ1) is 12.3. The van der Waals surface area contributed by atoms with Crippen LogP contribution >= 0.6 is 0 Å². The molecular formula is C17H18N2O6S. The van der Waals surface area contributed by atoms with Gasteiger partial charge in [-0.15, -0.1) is 0 Å². The van der Waals surface area contributed by atoms with Gasteiger partial charge in [-0.2, -0.15) is 4.31 Å². The van der Waals surface area contributed by atoms with Crippen molar-refractivity contribution in [2.45, 2.75) is 18.7 Å². The molecule has 0 bridgehead atoms. The van der Waals surface area contributed by atoms with Gasteiger partial charge in [-0.3, -0.25) is 14.9 Å². The molecule has 8 nitrogen and oxygen atoms in total. The molecule has 2 aromatic carbocycles. The molecule has 0 radical (unpaired) electrons. The minimum absolute atomic E-state index is 0.114. The molecule has 0 atom stereocenters. The molecule has 0 aliphatic carbocycles. The zero-order valence-electron chi connectivity index (χ0n) is 14.3. The molecule has 26 heavy (non-hydrogen) atoms. The number of ether oxygens (including phenoxy) is 1. The van der Waals surface area contributed by atoms with Crippen LogP contribution in [-0.4, -0.2) is 37.0 Å². The summed E-state index contributed by atoms with van der Waals surface area (Å²) in [5.41, 5.74) is -0.124. The Balaban J connectivity index is 2.46. The Labute approximate surface area is 151 Å². The second-order valence-electron chi connectivity index (χ2n) is 5.27. The lowest BCUT2D eigenvalue weighted by molar-refractivity contribution is -0.385. The minimum atomic E-state index is -3.83. The fourth-order valence-electron chi connectivity index (χ4n) is 2.38. The van der Waals surface area contributed by atoms with Gasteiger partial charge in [-0.1, -0.05) is 26.0 Å². The summed E-state index contributed by atoms with van der Waals surface area (Å²) in [5.74, 6) is 0.119. The Kier molecular flexibility index (Phi) is 6.06. The number of nitro benzene ring substituents is 1. The SMILES string of the molecule is CCN(CC)S(=O)(=O)c1ccc(Oc2cccc(C=O)c2)c([N+](=O)[O-])c1. The molecule has 2 aromatic rings. The summed E-state index contributed by atoms with van der Waals surface area (Å²) in [4.78, 5) is 21.3. The van der Waals surface area contributed by atoms with Crippen LogP contribution in [0.4, 0.5) is 5.69 Å². The third-order valence-electron chi connectivity index (χ3n) is 3.69. The molecule has 0 unspecified atom stereocenters. The Morgan fingerprint density at radius 1 is 1.15 bits per heavy atom. The Morgan fingerprint density at radius 2 is 1.85 bits per heavy atom. The maximum Gasteiger partial charge on any atom is 0.312 e. The van der Waals surface area contributed by atoms with Gasteiger partial charge >= 0.3 is 5.69 Å². The molecule has 0 aliphatic heterocycles. The van der Waals surface area contributed by atoms with Crippen LogP contribution in [0.5, 0.6) is 11.5 Å². The summed E-state index contributed by atoms with van der Waals surface area (Å²) in [6.45, 7) is 3.88. The maximum atomic E-state index is 12.5. The smallest absolute Gasteiger partial charge is 0.312 e. The van der Waals surface area contributed by atoms with E-state index in [1.54, 1.807) is 26.0 Å². The van der Waals surface area contributed by atoms with Crippen LogP contribution in [0.15, 0.2) is 47.4 Å². The van der Waals surface area contributed by atoms with Crippen LogP contribution in [0.1, 0.15) is 24.2 Å². The predicted octanol–water partition coefficient (Wildman–Crippen LogP) is 3.23. The van der Waals surface area contributed by atoms with Crippen molar-refractivity contribution in [3.05, 3.63) is 58.1 Å². The summed E-state index contributed by atoms with van der Waals surface area (Å²) >= 11 is 0. The van der Waals surface area contributed by atoms with Crippen molar-refractivity contribution >= 4 is 22.0 Å². The van der Waals surface area contributed by atoms with Gasteiger partial charge in [0.2, 0.25) is 15.8 Å². The van der Waals surface area contributed by atoms with Gasteiger partial charge in [0.1, 0.15) is 12.0 Å². The van der Waals surface area contributed by atoms with Crippen molar-refractivity contribution in [2.24, 2.45) is 0 Å². The molecule has 0 saturated heterocycles. The zero-order valence-corrected chi connectivity index (χ0v) is 15.1. The Hall–Kier alpha value is -2.78. The topological polar surface area (TPSA) is 107 Å². The number of benzene rings is 2. The van der Waals surface area contributed by atoms with E-state index in [9.17, 15) is 23.3 Å². The largest absolute Gasteiger partial charge is 0.450 e. The highest BCUT2D eigenvalue weighted by Gasteiger charge is 2.26. The van der Waals surface area contributed by atoms with E-state index in [2.05, 4.69) is 0 Å². The number of carbonyl (C=O) groups excluding carboxylic acids is 1. The summed E-state index contributed by atoms with van der Waals surface area (Å²) < 4.78 is 31.8. The van der Waals surface area contributed by atoms with E-state index in [-0.39, 0.29) is 29.5 Å². The van der Waals surface area contributed by atoms with Crippen LogP contribution in [0.3, 0.4) is 0 Å². The number of carbonyl (C=O) groups is 1. The van der Waals surface area contributed by atoms with Gasteiger partial charge in [0.15, 0.2) is 0 Å². The van der Waals surface area contributed by atoms with Crippen molar-refractivity contribution in [2.75, 3.05) is 13.1 Å². The average molecular weight is 378 g/mol. The highest BCUT2D eigenvalue weighted by Crippen LogP contribution is 2.34. The van der Waals surface area contributed by atoms with E-state index in [1.807, 2.05) is 0 Å². The predicted molar refractivity (Wildman–Crippen MR) is 95.1 cm³/mol. The molecule has 0 amide bonds. The average Bonchev–Trinajstić information content (AvgIpc) is 2.62. The van der Waals surface area contributed by atoms with E-state index in [0.717, 1.165) is 6.07 Å². The first-order valence-electron chi connectivity index (χ1n) is 7.85. The quantitative estimate of drug-likeness (QED) is 0.396. The number of nitro groups is 1. The fourth-order valence-corrected chi connectivity index (χ4v) is 3.86. The van der Waals surface area contributed by atoms with E-state index < -0.39 is 20.6 Å². The first-order valence-corrected chi connectivity index (χ1v) is 9.29. The number of hydrogen-bond donors (Lipinski definition) is 0. The normalized spacial score (nSPS) is 11.3. The number of sulfonamides is 1. The second kappa shape index (κ2) is 8.07. The number of rotatable bonds is 8. The van der Waals surface area contributed by atoms with Gasteiger partial charge in [0, 0.05) is 24.7 Å². The summed E-state index contributed by atoms with van der Waals surface area (Å²) in [6.07, 6.45) is 0.626. The third-order valence-corrected chi connectivity index (χ3v) is 5.74. The molecule has 138 valence electrons. The monoisotopic (exact) mass is 378 g/mol. The molecule has 0 N–H and O–H groups in total. The lowest BCUT2D eigenvalue weighted by Crippen LogP contribution is -2.30. The van der Waals surface area contributed by atoms with Gasteiger partial charge in [0.25, 0.3) is 0 Å². The molecular weight excluding hydrogens is 360 g/mol. The standard InChI is InChI=1S/C17H18N2O6S/c1-3-18(4-2)26(23,24)15-8-9-17(16(11-15)19(21)22)25-14-7-5-6-13(10-14)12-20/h5-12H,3-4H2,1-2H3. The van der Waals surface area contributed by atoms with Crippen molar-refractivity contribution in [1.29, 1.82) is 0 Å². The number of nitrogens with zero attached hydrogens (tertiary/aromatic N) is 2. The molecule has 2 rings (SSSR count). The molecule has 0 saturated carbocycles. The van der Waals surface area contributed by atoms with Gasteiger partial charge in [-0.25, -0.2) is 8.42 Å². The third kappa shape index (κ3) is 4.06.